The maximum Gasteiger partial charge on any atom is 0.246 e. The summed E-state index contributed by atoms with van der Waals surface area (Å²) in [4.78, 5) is 51.6. The fraction of sp³-hybridized carbons (Fsp3) is 0.545. The number of nitrogens with zero attached hydrogens (tertiary/aromatic N) is 1. The van der Waals surface area contributed by atoms with Crippen molar-refractivity contribution < 1.29 is 19.2 Å². The predicted molar refractivity (Wildman–Crippen MR) is 116 cm³/mol. The minimum Gasteiger partial charge on any atom is -0.368 e. The second-order valence-corrected chi connectivity index (χ2v) is 8.36. The molecule has 0 unspecified atom stereocenters. The first-order valence-corrected chi connectivity index (χ1v) is 10.6. The van der Waals surface area contributed by atoms with Crippen LogP contribution in [0.5, 0.6) is 0 Å². The Morgan fingerprint density at radius 3 is 2.29 bits per heavy atom. The van der Waals surface area contributed by atoms with Crippen molar-refractivity contribution in [3.05, 3.63) is 35.9 Å². The van der Waals surface area contributed by atoms with Crippen LogP contribution in [0.1, 0.15) is 39.2 Å². The lowest BCUT2D eigenvalue weighted by molar-refractivity contribution is -0.143. The van der Waals surface area contributed by atoms with E-state index in [4.69, 9.17) is 11.5 Å². The smallest absolute Gasteiger partial charge is 0.246 e. The monoisotopic (exact) mass is 431 g/mol. The summed E-state index contributed by atoms with van der Waals surface area (Å²) in [6, 6.07) is 6.10. The third kappa shape index (κ3) is 6.52. The van der Waals surface area contributed by atoms with Crippen molar-refractivity contribution in [1.82, 2.24) is 15.5 Å². The molecule has 9 heteroatoms. The van der Waals surface area contributed by atoms with Crippen LogP contribution >= 0.6 is 0 Å². The molecule has 1 fully saturated rings. The van der Waals surface area contributed by atoms with Gasteiger partial charge in [0.1, 0.15) is 18.1 Å². The quantitative estimate of drug-likeness (QED) is 0.423. The van der Waals surface area contributed by atoms with E-state index in [-0.39, 0.29) is 18.2 Å². The second-order valence-electron chi connectivity index (χ2n) is 8.36. The van der Waals surface area contributed by atoms with Crippen molar-refractivity contribution in [1.29, 1.82) is 0 Å². The summed E-state index contributed by atoms with van der Waals surface area (Å²) < 4.78 is 0. The number of likely N-dealkylation sites (tertiary alicyclic amines) is 1. The molecule has 31 heavy (non-hydrogen) atoms. The zero-order valence-corrected chi connectivity index (χ0v) is 18.3. The van der Waals surface area contributed by atoms with Crippen molar-refractivity contribution in [2.75, 3.05) is 6.54 Å². The number of hydrogen-bond donors (Lipinski definition) is 4. The summed E-state index contributed by atoms with van der Waals surface area (Å²) in [5.74, 6) is -2.01. The summed E-state index contributed by atoms with van der Waals surface area (Å²) in [7, 11) is 0. The van der Waals surface area contributed by atoms with E-state index in [1.165, 1.54) is 4.90 Å². The van der Waals surface area contributed by atoms with Gasteiger partial charge in [0.2, 0.25) is 23.6 Å². The van der Waals surface area contributed by atoms with Crippen molar-refractivity contribution in [3.8, 4) is 0 Å². The molecule has 0 radical (unpaired) electrons. The number of amides is 4. The van der Waals surface area contributed by atoms with Gasteiger partial charge in [0.05, 0.1) is 6.04 Å². The van der Waals surface area contributed by atoms with Gasteiger partial charge in [-0.05, 0) is 31.2 Å². The van der Waals surface area contributed by atoms with Gasteiger partial charge in [0.15, 0.2) is 0 Å². The molecule has 2 rings (SSSR count). The number of nitrogens with one attached hydrogen (secondary N) is 2. The second kappa shape index (κ2) is 10.9. The maximum absolute atomic E-state index is 13.2. The van der Waals surface area contributed by atoms with Crippen LogP contribution in [-0.4, -0.2) is 59.2 Å². The summed E-state index contributed by atoms with van der Waals surface area (Å²) in [6.45, 7) is 5.57. The molecule has 1 aliphatic rings. The van der Waals surface area contributed by atoms with E-state index in [2.05, 4.69) is 10.6 Å². The molecule has 0 aromatic heterocycles. The van der Waals surface area contributed by atoms with Gasteiger partial charge in [-0.3, -0.25) is 19.2 Å². The van der Waals surface area contributed by atoms with Crippen molar-refractivity contribution in [3.63, 3.8) is 0 Å². The molecule has 0 bridgehead atoms. The van der Waals surface area contributed by atoms with Gasteiger partial charge < -0.3 is 27.0 Å². The third-order valence-electron chi connectivity index (χ3n) is 5.43. The van der Waals surface area contributed by atoms with Crippen LogP contribution in [-0.2, 0) is 25.6 Å². The lowest BCUT2D eigenvalue weighted by atomic mass is 10.0. The molecule has 1 aliphatic heterocycles. The van der Waals surface area contributed by atoms with Crippen molar-refractivity contribution in [2.45, 2.75) is 64.2 Å². The van der Waals surface area contributed by atoms with Crippen LogP contribution in [0.3, 0.4) is 0 Å². The lowest BCUT2D eigenvalue weighted by Crippen LogP contribution is -2.58. The van der Waals surface area contributed by atoms with E-state index < -0.39 is 41.9 Å². The van der Waals surface area contributed by atoms with E-state index >= 15 is 0 Å². The zero-order valence-electron chi connectivity index (χ0n) is 18.3. The normalized spacial score (nSPS) is 18.9. The average molecular weight is 432 g/mol. The number of carbonyl (C=O) groups is 4. The fourth-order valence-corrected chi connectivity index (χ4v) is 3.62. The van der Waals surface area contributed by atoms with E-state index in [0.29, 0.717) is 19.4 Å². The molecular weight excluding hydrogens is 398 g/mol. The first-order chi connectivity index (χ1) is 14.6. The van der Waals surface area contributed by atoms with E-state index in [9.17, 15) is 19.2 Å². The maximum atomic E-state index is 13.2. The number of carbonyl (C=O) groups excluding carboxylic acids is 4. The topological polar surface area (TPSA) is 148 Å². The van der Waals surface area contributed by atoms with Gasteiger partial charge >= 0.3 is 0 Å². The van der Waals surface area contributed by atoms with Crippen molar-refractivity contribution in [2.24, 2.45) is 17.4 Å². The van der Waals surface area contributed by atoms with Gasteiger partial charge in [-0.25, -0.2) is 0 Å². The Labute approximate surface area is 182 Å². The van der Waals surface area contributed by atoms with Gasteiger partial charge in [0.25, 0.3) is 0 Å². The molecule has 4 amide bonds. The van der Waals surface area contributed by atoms with Gasteiger partial charge in [0, 0.05) is 13.0 Å². The number of hydrogen-bond acceptors (Lipinski definition) is 5. The summed E-state index contributed by atoms with van der Waals surface area (Å²) in [5.41, 5.74) is 12.0. The van der Waals surface area contributed by atoms with Gasteiger partial charge in [-0.1, -0.05) is 44.2 Å². The van der Waals surface area contributed by atoms with Gasteiger partial charge in [-0.15, -0.1) is 0 Å². The molecule has 4 atom stereocenters. The number of rotatable bonds is 9. The van der Waals surface area contributed by atoms with E-state index in [0.717, 1.165) is 5.56 Å². The Hall–Kier alpha value is -2.94. The summed E-state index contributed by atoms with van der Waals surface area (Å²) >= 11 is 0. The van der Waals surface area contributed by atoms with E-state index in [1.54, 1.807) is 6.92 Å². The zero-order chi connectivity index (χ0) is 23.1. The van der Waals surface area contributed by atoms with E-state index in [1.807, 2.05) is 44.2 Å². The predicted octanol–water partition coefficient (Wildman–Crippen LogP) is -0.322. The van der Waals surface area contributed by atoms with Gasteiger partial charge in [-0.2, -0.15) is 0 Å². The standard InChI is InChI=1S/C22H33N5O4/c1-13(2)18(26-20(29)14(3)23)22(31)27-11-7-10-17(27)21(30)25-16(19(24)28)12-15-8-5-4-6-9-15/h4-6,8-9,13-14,16-18H,7,10-12,23H2,1-3H3,(H2,24,28)(H,25,30)(H,26,29)/t14-,16-,17-,18-/m0/s1. The number of benzene rings is 1. The highest BCUT2D eigenvalue weighted by Gasteiger charge is 2.39. The molecular formula is C22H33N5O4. The highest BCUT2D eigenvalue weighted by molar-refractivity contribution is 5.95. The molecule has 9 nitrogen and oxygen atoms in total. The van der Waals surface area contributed by atoms with Crippen LogP contribution in [0, 0.1) is 5.92 Å². The SMILES string of the molecule is CC(C)[C@H](NC(=O)[C@H](C)N)C(=O)N1CCC[C@H]1C(=O)N[C@@H](Cc1ccccc1)C(N)=O. The van der Waals surface area contributed by atoms with Crippen LogP contribution in [0.4, 0.5) is 0 Å². The molecule has 1 aromatic rings. The molecule has 0 spiro atoms. The van der Waals surface area contributed by atoms with Crippen LogP contribution < -0.4 is 22.1 Å². The molecule has 0 aliphatic carbocycles. The third-order valence-corrected chi connectivity index (χ3v) is 5.43. The molecule has 170 valence electrons. The number of nitrogens with two attached hydrogens (primary N) is 2. The lowest BCUT2D eigenvalue weighted by Gasteiger charge is -2.31. The Morgan fingerprint density at radius 1 is 1.10 bits per heavy atom. The first-order valence-electron chi connectivity index (χ1n) is 10.6. The highest BCUT2D eigenvalue weighted by Crippen LogP contribution is 2.21. The fourth-order valence-electron chi connectivity index (χ4n) is 3.62. The Kier molecular flexibility index (Phi) is 8.56. The average Bonchev–Trinajstić information content (AvgIpc) is 3.21. The molecule has 1 saturated heterocycles. The summed E-state index contributed by atoms with van der Waals surface area (Å²) in [5, 5.41) is 5.39. The first kappa shape index (κ1) is 24.3. The van der Waals surface area contributed by atoms with Crippen molar-refractivity contribution >= 4 is 23.6 Å². The molecule has 1 aromatic carbocycles. The highest BCUT2D eigenvalue weighted by atomic mass is 16.2. The number of primary amides is 1. The Morgan fingerprint density at radius 2 is 1.74 bits per heavy atom. The molecule has 1 heterocycles. The molecule has 0 saturated carbocycles. The Balaban J connectivity index is 2.11. The minimum absolute atomic E-state index is 0.184. The summed E-state index contributed by atoms with van der Waals surface area (Å²) in [6.07, 6.45) is 1.39. The minimum atomic E-state index is -0.883. The van der Waals surface area contributed by atoms with Crippen LogP contribution in [0.15, 0.2) is 30.3 Å². The van der Waals surface area contributed by atoms with Crippen LogP contribution in [0.25, 0.3) is 0 Å². The van der Waals surface area contributed by atoms with Crippen LogP contribution in [0.2, 0.25) is 0 Å². The molecule has 6 N–H and O–H groups in total. The Bertz CT molecular complexity index is 796. The largest absolute Gasteiger partial charge is 0.368 e.